The van der Waals surface area contributed by atoms with Gasteiger partial charge in [-0.1, -0.05) is 13.0 Å². The van der Waals surface area contributed by atoms with Crippen LogP contribution in [0.3, 0.4) is 0 Å². The fourth-order valence-electron chi connectivity index (χ4n) is 3.44. The molecule has 7 nitrogen and oxygen atoms in total. The van der Waals surface area contributed by atoms with Crippen LogP contribution in [0.1, 0.15) is 13.3 Å². The summed E-state index contributed by atoms with van der Waals surface area (Å²) in [6, 6.07) is 10.7. The number of nitrogens with zero attached hydrogens (tertiary/aromatic N) is 3. The van der Waals surface area contributed by atoms with Crippen molar-refractivity contribution in [2.45, 2.75) is 28.4 Å². The lowest BCUT2D eigenvalue weighted by Crippen LogP contribution is -2.48. The normalized spacial score (nSPS) is 21.0. The quantitative estimate of drug-likeness (QED) is 0.824. The number of anilines is 2. The second kappa shape index (κ2) is 7.73. The fourth-order valence-corrected chi connectivity index (χ4v) is 5.94. The Bertz CT molecular complexity index is 974. The number of sulfonamides is 1. The molecule has 2 aromatic rings. The molecule has 1 atom stereocenters. The van der Waals surface area contributed by atoms with E-state index in [4.69, 9.17) is 0 Å². The van der Waals surface area contributed by atoms with Crippen LogP contribution in [-0.2, 0) is 14.8 Å². The molecule has 1 aromatic carbocycles. The van der Waals surface area contributed by atoms with E-state index in [-0.39, 0.29) is 16.1 Å². The van der Waals surface area contributed by atoms with Gasteiger partial charge in [-0.2, -0.15) is 4.31 Å². The summed E-state index contributed by atoms with van der Waals surface area (Å²) in [4.78, 5) is 19.5. The summed E-state index contributed by atoms with van der Waals surface area (Å²) >= 11 is 1.58. The van der Waals surface area contributed by atoms with Gasteiger partial charge in [-0.15, -0.1) is 11.8 Å². The van der Waals surface area contributed by atoms with Crippen LogP contribution in [0.5, 0.6) is 0 Å². The summed E-state index contributed by atoms with van der Waals surface area (Å²) < 4.78 is 27.7. The molecule has 2 aliphatic heterocycles. The van der Waals surface area contributed by atoms with Crippen LogP contribution < -0.4 is 10.2 Å². The van der Waals surface area contributed by atoms with E-state index in [1.165, 1.54) is 4.31 Å². The Morgan fingerprint density at radius 3 is 2.64 bits per heavy atom. The van der Waals surface area contributed by atoms with E-state index in [1.54, 1.807) is 36.2 Å². The number of fused-ring (bicyclic) bond motifs is 1. The van der Waals surface area contributed by atoms with Gasteiger partial charge in [0, 0.05) is 48.9 Å². The number of piperazine rings is 1. The van der Waals surface area contributed by atoms with Gasteiger partial charge in [-0.3, -0.25) is 4.79 Å². The minimum atomic E-state index is -3.62. The van der Waals surface area contributed by atoms with E-state index in [2.05, 4.69) is 15.2 Å². The first kappa shape index (κ1) is 19.2. The molecule has 0 bridgehead atoms. The van der Waals surface area contributed by atoms with Crippen LogP contribution >= 0.6 is 11.8 Å². The number of aromatic nitrogens is 1. The molecular weight excluding hydrogens is 396 g/mol. The van der Waals surface area contributed by atoms with Crippen molar-refractivity contribution in [1.82, 2.24) is 9.29 Å². The van der Waals surface area contributed by atoms with Crippen molar-refractivity contribution in [2.75, 3.05) is 36.4 Å². The molecule has 9 heteroatoms. The Kier molecular flexibility index (Phi) is 5.31. The molecule has 28 heavy (non-hydrogen) atoms. The third-order valence-corrected chi connectivity index (χ3v) is 7.95. The zero-order valence-corrected chi connectivity index (χ0v) is 17.2. The second-order valence-corrected chi connectivity index (χ2v) is 10.3. The highest BCUT2D eigenvalue weighted by molar-refractivity contribution is 8.00. The van der Waals surface area contributed by atoms with Gasteiger partial charge in [-0.25, -0.2) is 13.4 Å². The number of carbonyl (C=O) groups is 1. The first-order chi connectivity index (χ1) is 13.4. The van der Waals surface area contributed by atoms with E-state index in [0.29, 0.717) is 38.3 Å². The molecule has 4 rings (SSSR count). The van der Waals surface area contributed by atoms with E-state index < -0.39 is 10.0 Å². The molecule has 0 radical (unpaired) electrons. The summed E-state index contributed by atoms with van der Waals surface area (Å²) in [6.07, 6.45) is 2.15. The van der Waals surface area contributed by atoms with E-state index in [9.17, 15) is 13.2 Å². The van der Waals surface area contributed by atoms with Crippen LogP contribution in [-0.4, -0.2) is 55.0 Å². The van der Waals surface area contributed by atoms with Gasteiger partial charge < -0.3 is 10.2 Å². The molecule has 1 unspecified atom stereocenters. The maximum Gasteiger partial charge on any atom is 0.243 e. The van der Waals surface area contributed by atoms with Crippen molar-refractivity contribution in [3.05, 3.63) is 42.6 Å². The van der Waals surface area contributed by atoms with Gasteiger partial charge in [0.25, 0.3) is 0 Å². The lowest BCUT2D eigenvalue weighted by molar-refractivity contribution is -0.116. The molecule has 2 aliphatic rings. The smallest absolute Gasteiger partial charge is 0.243 e. The van der Waals surface area contributed by atoms with Crippen LogP contribution in [0.2, 0.25) is 0 Å². The Morgan fingerprint density at radius 2 is 1.93 bits per heavy atom. The van der Waals surface area contributed by atoms with Crippen molar-refractivity contribution in [2.24, 2.45) is 0 Å². The summed E-state index contributed by atoms with van der Waals surface area (Å²) in [7, 11) is -3.62. The monoisotopic (exact) mass is 418 g/mol. The minimum absolute atomic E-state index is 0.0859. The Morgan fingerprint density at radius 1 is 1.14 bits per heavy atom. The summed E-state index contributed by atoms with van der Waals surface area (Å²) in [5, 5.41) is 2.99. The first-order valence-corrected chi connectivity index (χ1v) is 11.5. The van der Waals surface area contributed by atoms with Crippen molar-refractivity contribution >= 4 is 39.2 Å². The summed E-state index contributed by atoms with van der Waals surface area (Å²) in [5.41, 5.74) is 0.576. The van der Waals surface area contributed by atoms with Crippen molar-refractivity contribution in [3.8, 4) is 0 Å². The molecule has 0 aliphatic carbocycles. The number of hydrogen-bond donors (Lipinski definition) is 1. The molecule has 1 amide bonds. The van der Waals surface area contributed by atoms with E-state index in [0.717, 1.165) is 10.7 Å². The SMILES string of the molecule is CC1CC(=O)Nc2cc(S(=O)(=O)N3CCN(c4ccccn4)CC3)ccc2S1. The van der Waals surface area contributed by atoms with E-state index in [1.807, 2.05) is 25.1 Å². The summed E-state index contributed by atoms with van der Waals surface area (Å²) in [5.74, 6) is 0.774. The standard InChI is InChI=1S/C19H22N4O3S2/c1-14-12-19(24)21-16-13-15(5-6-17(16)27-14)28(25,26)23-10-8-22(9-11-23)18-4-2-3-7-20-18/h2-7,13-14H,8-12H2,1H3,(H,21,24). The zero-order valence-electron chi connectivity index (χ0n) is 15.5. The third-order valence-electron chi connectivity index (χ3n) is 4.88. The van der Waals surface area contributed by atoms with Crippen molar-refractivity contribution < 1.29 is 13.2 Å². The highest BCUT2D eigenvalue weighted by Gasteiger charge is 2.30. The Labute approximate surface area is 169 Å². The third kappa shape index (κ3) is 3.87. The highest BCUT2D eigenvalue weighted by Crippen LogP contribution is 2.36. The number of hydrogen-bond acceptors (Lipinski definition) is 6. The van der Waals surface area contributed by atoms with Crippen LogP contribution in [0.25, 0.3) is 0 Å². The zero-order chi connectivity index (χ0) is 19.7. The van der Waals surface area contributed by atoms with Gasteiger partial charge in [0.15, 0.2) is 0 Å². The number of thioether (sulfide) groups is 1. The number of amides is 1. The second-order valence-electron chi connectivity index (χ2n) is 6.92. The predicted molar refractivity (Wildman–Crippen MR) is 110 cm³/mol. The van der Waals surface area contributed by atoms with Crippen LogP contribution in [0.15, 0.2) is 52.4 Å². The van der Waals surface area contributed by atoms with Gasteiger partial charge in [0.1, 0.15) is 5.82 Å². The summed E-state index contributed by atoms with van der Waals surface area (Å²) in [6.45, 7) is 3.96. The van der Waals surface area contributed by atoms with Crippen LogP contribution in [0, 0.1) is 0 Å². The Hall–Kier alpha value is -2.10. The molecule has 148 valence electrons. The van der Waals surface area contributed by atoms with Crippen molar-refractivity contribution in [3.63, 3.8) is 0 Å². The maximum absolute atomic E-state index is 13.1. The molecular formula is C19H22N4O3S2. The average molecular weight is 419 g/mol. The number of nitrogens with one attached hydrogen (secondary N) is 1. The predicted octanol–water partition coefficient (Wildman–Crippen LogP) is 2.42. The van der Waals surface area contributed by atoms with E-state index >= 15 is 0 Å². The molecule has 1 N–H and O–H groups in total. The minimum Gasteiger partial charge on any atom is -0.354 e. The molecule has 1 saturated heterocycles. The Balaban J connectivity index is 1.52. The van der Waals surface area contributed by atoms with Gasteiger partial charge >= 0.3 is 0 Å². The average Bonchev–Trinajstić information content (AvgIpc) is 2.84. The molecule has 3 heterocycles. The van der Waals surface area contributed by atoms with Gasteiger partial charge in [0.05, 0.1) is 10.6 Å². The largest absolute Gasteiger partial charge is 0.354 e. The number of pyridine rings is 1. The maximum atomic E-state index is 13.1. The fraction of sp³-hybridized carbons (Fsp3) is 0.368. The van der Waals surface area contributed by atoms with Gasteiger partial charge in [-0.05, 0) is 30.3 Å². The molecule has 1 aromatic heterocycles. The van der Waals surface area contributed by atoms with Crippen LogP contribution in [0.4, 0.5) is 11.5 Å². The number of benzene rings is 1. The van der Waals surface area contributed by atoms with Crippen molar-refractivity contribution in [1.29, 1.82) is 0 Å². The first-order valence-electron chi connectivity index (χ1n) is 9.20. The lowest BCUT2D eigenvalue weighted by Gasteiger charge is -2.34. The highest BCUT2D eigenvalue weighted by atomic mass is 32.2. The number of carbonyl (C=O) groups excluding carboxylic acids is 1. The number of rotatable bonds is 3. The topological polar surface area (TPSA) is 82.6 Å². The molecule has 1 fully saturated rings. The molecule has 0 saturated carbocycles. The van der Waals surface area contributed by atoms with Gasteiger partial charge in [0.2, 0.25) is 15.9 Å². The molecule has 0 spiro atoms. The lowest BCUT2D eigenvalue weighted by atomic mass is 10.3.